The number of benzene rings is 1. The molecule has 0 amide bonds. The first-order valence-electron chi connectivity index (χ1n) is 7.37. The average molecular weight is 302 g/mol. The van der Waals surface area contributed by atoms with Crippen LogP contribution < -0.4 is 10.6 Å². The highest BCUT2D eigenvalue weighted by Gasteiger charge is 2.08. The van der Waals surface area contributed by atoms with Gasteiger partial charge in [-0.15, -0.1) is 0 Å². The Morgan fingerprint density at radius 2 is 1.91 bits per heavy atom. The molecule has 0 aliphatic heterocycles. The zero-order valence-corrected chi connectivity index (χ0v) is 13.0. The highest BCUT2D eigenvalue weighted by Crippen LogP contribution is 2.22. The molecule has 1 aromatic heterocycles. The van der Waals surface area contributed by atoms with E-state index in [4.69, 9.17) is 4.42 Å². The van der Waals surface area contributed by atoms with Crippen molar-refractivity contribution in [2.24, 2.45) is 0 Å². The van der Waals surface area contributed by atoms with Gasteiger partial charge < -0.3 is 19.8 Å². The molecule has 0 saturated carbocycles. The molecule has 5 heteroatoms. The fourth-order valence-corrected chi connectivity index (χ4v) is 2.12. The second-order valence-electron chi connectivity index (χ2n) is 4.97. The lowest BCUT2D eigenvalue weighted by atomic mass is 10.1. The van der Waals surface area contributed by atoms with Gasteiger partial charge in [-0.2, -0.15) is 0 Å². The predicted molar refractivity (Wildman–Crippen MR) is 85.7 cm³/mol. The van der Waals surface area contributed by atoms with E-state index in [0.29, 0.717) is 12.1 Å². The standard InChI is InChI=1S/C17H22N2O3/c1-18-10-3-11-19-12-15-8-9-16(22-15)13-4-6-14(7-5-13)17(20)21-2/h4-9,18-19H,3,10-12H2,1-2H3. The number of hydrogen-bond acceptors (Lipinski definition) is 5. The van der Waals surface area contributed by atoms with Crippen molar-refractivity contribution in [1.82, 2.24) is 10.6 Å². The summed E-state index contributed by atoms with van der Waals surface area (Å²) in [6.07, 6.45) is 1.08. The first kappa shape index (κ1) is 16.3. The quantitative estimate of drug-likeness (QED) is 0.579. The number of hydrogen-bond donors (Lipinski definition) is 2. The first-order chi connectivity index (χ1) is 10.7. The fourth-order valence-electron chi connectivity index (χ4n) is 2.12. The van der Waals surface area contributed by atoms with Crippen LogP contribution in [0.4, 0.5) is 0 Å². The zero-order chi connectivity index (χ0) is 15.8. The molecule has 118 valence electrons. The number of nitrogens with one attached hydrogen (secondary N) is 2. The molecule has 0 aliphatic rings. The smallest absolute Gasteiger partial charge is 0.337 e. The lowest BCUT2D eigenvalue weighted by Crippen LogP contribution is -2.19. The van der Waals surface area contributed by atoms with Gasteiger partial charge in [-0.1, -0.05) is 12.1 Å². The molecule has 2 aromatic rings. The Morgan fingerprint density at radius 3 is 2.59 bits per heavy atom. The molecule has 5 nitrogen and oxygen atoms in total. The van der Waals surface area contributed by atoms with E-state index in [1.54, 1.807) is 12.1 Å². The summed E-state index contributed by atoms with van der Waals surface area (Å²) in [7, 11) is 3.32. The van der Waals surface area contributed by atoms with Gasteiger partial charge in [0.05, 0.1) is 19.2 Å². The molecular weight excluding hydrogens is 280 g/mol. The molecule has 0 fully saturated rings. The highest BCUT2D eigenvalue weighted by molar-refractivity contribution is 5.89. The topological polar surface area (TPSA) is 63.5 Å². The molecule has 0 unspecified atom stereocenters. The van der Waals surface area contributed by atoms with Crippen LogP contribution in [0.25, 0.3) is 11.3 Å². The summed E-state index contributed by atoms with van der Waals surface area (Å²) in [6, 6.07) is 11.1. The zero-order valence-electron chi connectivity index (χ0n) is 13.0. The molecule has 22 heavy (non-hydrogen) atoms. The minimum atomic E-state index is -0.336. The molecule has 0 spiro atoms. The van der Waals surface area contributed by atoms with E-state index in [1.807, 2.05) is 31.3 Å². The maximum absolute atomic E-state index is 11.4. The fraction of sp³-hybridized carbons (Fsp3) is 0.353. The second-order valence-corrected chi connectivity index (χ2v) is 4.97. The number of esters is 1. The van der Waals surface area contributed by atoms with Crippen LogP contribution in [-0.2, 0) is 11.3 Å². The van der Waals surface area contributed by atoms with E-state index in [-0.39, 0.29) is 5.97 Å². The second kappa shape index (κ2) is 8.36. The van der Waals surface area contributed by atoms with Crippen LogP contribution in [0, 0.1) is 0 Å². The normalized spacial score (nSPS) is 10.6. The Morgan fingerprint density at radius 1 is 1.14 bits per heavy atom. The monoisotopic (exact) mass is 302 g/mol. The molecule has 2 rings (SSSR count). The van der Waals surface area contributed by atoms with Gasteiger partial charge in [-0.3, -0.25) is 0 Å². The number of methoxy groups -OCH3 is 1. The number of ether oxygens (including phenoxy) is 1. The molecule has 0 saturated heterocycles. The Hall–Kier alpha value is -2.11. The lowest BCUT2D eigenvalue weighted by Gasteiger charge is -2.03. The van der Waals surface area contributed by atoms with Gasteiger partial charge in [-0.05, 0) is 50.8 Å². The minimum absolute atomic E-state index is 0.336. The van der Waals surface area contributed by atoms with Gasteiger partial charge in [-0.25, -0.2) is 4.79 Å². The van der Waals surface area contributed by atoms with Crippen molar-refractivity contribution in [3.05, 3.63) is 47.7 Å². The van der Waals surface area contributed by atoms with Crippen LogP contribution in [0.3, 0.4) is 0 Å². The largest absolute Gasteiger partial charge is 0.465 e. The number of rotatable bonds is 8. The Bertz CT molecular complexity index is 590. The number of furan rings is 1. The van der Waals surface area contributed by atoms with Gasteiger partial charge in [0.2, 0.25) is 0 Å². The summed E-state index contributed by atoms with van der Waals surface area (Å²) in [5.74, 6) is 1.36. The van der Waals surface area contributed by atoms with E-state index >= 15 is 0 Å². The van der Waals surface area contributed by atoms with Gasteiger partial charge in [0, 0.05) is 5.56 Å². The van der Waals surface area contributed by atoms with Gasteiger partial charge in [0.15, 0.2) is 0 Å². The summed E-state index contributed by atoms with van der Waals surface area (Å²) in [5.41, 5.74) is 1.47. The molecule has 0 radical (unpaired) electrons. The van der Waals surface area contributed by atoms with E-state index in [9.17, 15) is 4.79 Å². The maximum Gasteiger partial charge on any atom is 0.337 e. The summed E-state index contributed by atoms with van der Waals surface area (Å²) in [5, 5.41) is 6.45. The highest BCUT2D eigenvalue weighted by atomic mass is 16.5. The summed E-state index contributed by atoms with van der Waals surface area (Å²) < 4.78 is 10.5. The van der Waals surface area contributed by atoms with E-state index in [1.165, 1.54) is 7.11 Å². The Kier molecular flexibility index (Phi) is 6.18. The predicted octanol–water partition coefficient (Wildman–Crippen LogP) is 2.43. The molecular formula is C17H22N2O3. The minimum Gasteiger partial charge on any atom is -0.465 e. The summed E-state index contributed by atoms with van der Waals surface area (Å²) in [4.78, 5) is 11.4. The molecule has 2 N–H and O–H groups in total. The van der Waals surface area contributed by atoms with Gasteiger partial charge >= 0.3 is 5.97 Å². The molecule has 0 aliphatic carbocycles. The number of carbonyl (C=O) groups excluding carboxylic acids is 1. The third-order valence-corrected chi connectivity index (χ3v) is 3.33. The van der Waals surface area contributed by atoms with Crippen LogP contribution in [0.1, 0.15) is 22.5 Å². The van der Waals surface area contributed by atoms with E-state index in [0.717, 1.165) is 36.6 Å². The Balaban J connectivity index is 1.92. The lowest BCUT2D eigenvalue weighted by molar-refractivity contribution is 0.0601. The van der Waals surface area contributed by atoms with E-state index < -0.39 is 0 Å². The average Bonchev–Trinajstić information content (AvgIpc) is 3.03. The van der Waals surface area contributed by atoms with Crippen molar-refractivity contribution in [2.45, 2.75) is 13.0 Å². The van der Waals surface area contributed by atoms with Crippen LogP contribution in [-0.4, -0.2) is 33.2 Å². The third kappa shape index (κ3) is 4.44. The van der Waals surface area contributed by atoms with Crippen molar-refractivity contribution in [3.8, 4) is 11.3 Å². The molecule has 1 heterocycles. The first-order valence-corrected chi connectivity index (χ1v) is 7.37. The van der Waals surface area contributed by atoms with Gasteiger partial charge in [0.25, 0.3) is 0 Å². The summed E-state index contributed by atoms with van der Waals surface area (Å²) in [6.45, 7) is 2.66. The van der Waals surface area contributed by atoms with Gasteiger partial charge in [0.1, 0.15) is 11.5 Å². The molecule has 1 aromatic carbocycles. The van der Waals surface area contributed by atoms with E-state index in [2.05, 4.69) is 15.4 Å². The van der Waals surface area contributed by atoms with Crippen molar-refractivity contribution < 1.29 is 13.9 Å². The Labute approximate surface area is 130 Å². The van der Waals surface area contributed by atoms with Crippen LogP contribution in [0.15, 0.2) is 40.8 Å². The van der Waals surface area contributed by atoms with Crippen molar-refractivity contribution in [2.75, 3.05) is 27.2 Å². The third-order valence-electron chi connectivity index (χ3n) is 3.33. The van der Waals surface area contributed by atoms with Crippen molar-refractivity contribution in [3.63, 3.8) is 0 Å². The summed E-state index contributed by atoms with van der Waals surface area (Å²) >= 11 is 0. The maximum atomic E-state index is 11.4. The molecule has 0 bridgehead atoms. The van der Waals surface area contributed by atoms with Crippen LogP contribution in [0.5, 0.6) is 0 Å². The van der Waals surface area contributed by atoms with Crippen LogP contribution >= 0.6 is 0 Å². The molecule has 0 atom stereocenters. The number of carbonyl (C=O) groups is 1. The van der Waals surface area contributed by atoms with Crippen molar-refractivity contribution >= 4 is 5.97 Å². The SMILES string of the molecule is CNCCCNCc1ccc(-c2ccc(C(=O)OC)cc2)o1. The van der Waals surface area contributed by atoms with Crippen LogP contribution in [0.2, 0.25) is 0 Å². The van der Waals surface area contributed by atoms with Crippen molar-refractivity contribution in [1.29, 1.82) is 0 Å².